The summed E-state index contributed by atoms with van der Waals surface area (Å²) >= 11 is 0. The van der Waals surface area contributed by atoms with E-state index in [1.54, 1.807) is 0 Å². The van der Waals surface area contributed by atoms with Crippen molar-refractivity contribution in [2.24, 2.45) is 0 Å². The Morgan fingerprint density at radius 3 is 0.500 bits per heavy atom. The molecule has 0 fully saturated rings. The van der Waals surface area contributed by atoms with Gasteiger partial charge in [-0.1, -0.05) is 400 Å². The minimum absolute atomic E-state index is 0.0601. The van der Waals surface area contributed by atoms with Crippen LogP contribution in [-0.4, -0.2) is 37.2 Å². The summed E-state index contributed by atoms with van der Waals surface area (Å²) in [7, 11) is 0. The molecule has 6 nitrogen and oxygen atoms in total. The first-order valence-electron chi connectivity index (χ1n) is 37.0. The van der Waals surface area contributed by atoms with Crippen molar-refractivity contribution in [2.45, 2.75) is 444 Å². The lowest BCUT2D eigenvalue weighted by Crippen LogP contribution is -2.30. The molecular formula is C74H144O6. The maximum atomic E-state index is 13.0. The van der Waals surface area contributed by atoms with Gasteiger partial charge in [-0.25, -0.2) is 0 Å². The molecule has 6 heteroatoms. The first-order valence-corrected chi connectivity index (χ1v) is 37.0. The molecule has 0 spiro atoms. The topological polar surface area (TPSA) is 78.9 Å². The molecule has 0 aromatic rings. The van der Waals surface area contributed by atoms with E-state index in [1.807, 2.05) is 0 Å². The van der Waals surface area contributed by atoms with E-state index < -0.39 is 6.10 Å². The number of carbonyl (C=O) groups excluding carboxylic acids is 3. The van der Waals surface area contributed by atoms with Crippen LogP contribution in [0.4, 0.5) is 0 Å². The lowest BCUT2D eigenvalue weighted by Gasteiger charge is -2.18. The van der Waals surface area contributed by atoms with Crippen LogP contribution < -0.4 is 0 Å². The van der Waals surface area contributed by atoms with E-state index in [1.165, 1.54) is 340 Å². The Kier molecular flexibility index (Phi) is 68.5. The van der Waals surface area contributed by atoms with Crippen molar-refractivity contribution in [1.82, 2.24) is 0 Å². The molecule has 476 valence electrons. The molecule has 0 aromatic carbocycles. The average Bonchev–Trinajstić information content (AvgIpc) is 3.46. The molecule has 0 amide bonds. The fourth-order valence-electron chi connectivity index (χ4n) is 11.8. The largest absolute Gasteiger partial charge is 0.462 e. The smallest absolute Gasteiger partial charge is 0.306 e. The Bertz CT molecular complexity index is 1200. The lowest BCUT2D eigenvalue weighted by atomic mass is 10.0. The highest BCUT2D eigenvalue weighted by atomic mass is 16.6. The molecule has 0 aliphatic carbocycles. The zero-order valence-corrected chi connectivity index (χ0v) is 54.9. The molecule has 0 aromatic heterocycles. The molecule has 0 rings (SSSR count). The summed E-state index contributed by atoms with van der Waals surface area (Å²) in [4.78, 5) is 38.4. The third-order valence-electron chi connectivity index (χ3n) is 17.4. The predicted molar refractivity (Wildman–Crippen MR) is 349 cm³/mol. The highest BCUT2D eigenvalue weighted by molar-refractivity contribution is 5.71. The van der Waals surface area contributed by atoms with Crippen molar-refractivity contribution >= 4 is 17.9 Å². The minimum Gasteiger partial charge on any atom is -0.462 e. The Morgan fingerprint density at radius 1 is 0.200 bits per heavy atom. The SMILES string of the molecule is CCCCCCCCCCCCCCCCCCCCCCCCCCCCC(=O)OCC(COC(=O)CCCCCCCCCCCCCC)OC(=O)CCCCCCCCCCCCCCCCCCCCCCCCCC. The van der Waals surface area contributed by atoms with Gasteiger partial charge in [0.15, 0.2) is 6.10 Å². The molecule has 0 aliphatic rings. The van der Waals surface area contributed by atoms with E-state index >= 15 is 0 Å². The molecule has 0 saturated carbocycles. The Balaban J connectivity index is 4.14. The van der Waals surface area contributed by atoms with Crippen molar-refractivity contribution in [3.05, 3.63) is 0 Å². The van der Waals surface area contributed by atoms with Gasteiger partial charge in [0.05, 0.1) is 0 Å². The normalized spacial score (nSPS) is 11.9. The van der Waals surface area contributed by atoms with Gasteiger partial charge in [0.25, 0.3) is 0 Å². The highest BCUT2D eigenvalue weighted by Crippen LogP contribution is 2.20. The predicted octanol–water partition coefficient (Wildman–Crippen LogP) is 25.4. The minimum atomic E-state index is -0.763. The number of hydrogen-bond donors (Lipinski definition) is 0. The van der Waals surface area contributed by atoms with E-state index in [0.717, 1.165) is 57.8 Å². The van der Waals surface area contributed by atoms with Crippen molar-refractivity contribution < 1.29 is 28.6 Å². The maximum absolute atomic E-state index is 13.0. The summed E-state index contributed by atoms with van der Waals surface area (Å²) < 4.78 is 17.0. The molecule has 1 unspecified atom stereocenters. The van der Waals surface area contributed by atoms with Gasteiger partial charge in [0, 0.05) is 19.3 Å². The fourth-order valence-corrected chi connectivity index (χ4v) is 11.8. The second-order valence-electron chi connectivity index (χ2n) is 25.6. The van der Waals surface area contributed by atoms with E-state index in [4.69, 9.17) is 14.2 Å². The van der Waals surface area contributed by atoms with Crippen LogP contribution in [-0.2, 0) is 28.6 Å². The number of hydrogen-bond acceptors (Lipinski definition) is 6. The van der Waals surface area contributed by atoms with Gasteiger partial charge in [0.1, 0.15) is 13.2 Å². The fraction of sp³-hybridized carbons (Fsp3) is 0.959. The standard InChI is InChI=1S/C74H144O6/c1-4-7-10-13-16-19-22-25-27-29-31-33-35-37-38-40-41-43-45-47-49-52-55-58-61-64-67-73(76)79-70-71(69-78-72(75)66-63-60-57-54-51-24-21-18-15-12-9-6-3)80-74(77)68-65-62-59-56-53-50-48-46-44-42-39-36-34-32-30-28-26-23-20-17-14-11-8-5-2/h71H,4-70H2,1-3H3. The van der Waals surface area contributed by atoms with E-state index in [2.05, 4.69) is 20.8 Å². The number of esters is 3. The summed E-state index contributed by atoms with van der Waals surface area (Å²) in [5.41, 5.74) is 0. The number of carbonyl (C=O) groups is 3. The van der Waals surface area contributed by atoms with Crippen LogP contribution in [0, 0.1) is 0 Å². The third-order valence-corrected chi connectivity index (χ3v) is 17.4. The monoisotopic (exact) mass is 1130 g/mol. The van der Waals surface area contributed by atoms with Gasteiger partial charge in [-0.15, -0.1) is 0 Å². The molecule has 0 aliphatic heterocycles. The molecular weight excluding hydrogens is 985 g/mol. The van der Waals surface area contributed by atoms with Gasteiger partial charge in [-0.3, -0.25) is 14.4 Å². The van der Waals surface area contributed by atoms with Crippen molar-refractivity contribution in [3.8, 4) is 0 Å². The van der Waals surface area contributed by atoms with Crippen LogP contribution in [0.25, 0.3) is 0 Å². The molecule has 0 N–H and O–H groups in total. The van der Waals surface area contributed by atoms with Crippen molar-refractivity contribution in [2.75, 3.05) is 13.2 Å². The van der Waals surface area contributed by atoms with E-state index in [0.29, 0.717) is 19.3 Å². The molecule has 1 atom stereocenters. The second-order valence-corrected chi connectivity index (χ2v) is 25.6. The highest BCUT2D eigenvalue weighted by Gasteiger charge is 2.20. The van der Waals surface area contributed by atoms with Crippen LogP contribution >= 0.6 is 0 Å². The molecule has 0 saturated heterocycles. The van der Waals surface area contributed by atoms with Crippen LogP contribution in [0.1, 0.15) is 438 Å². The van der Waals surface area contributed by atoms with Crippen molar-refractivity contribution in [1.29, 1.82) is 0 Å². The number of unbranched alkanes of at least 4 members (excludes halogenated alkanes) is 59. The Morgan fingerprint density at radius 2 is 0.338 bits per heavy atom. The van der Waals surface area contributed by atoms with Gasteiger partial charge >= 0.3 is 17.9 Å². The van der Waals surface area contributed by atoms with E-state index in [-0.39, 0.29) is 31.1 Å². The van der Waals surface area contributed by atoms with Gasteiger partial charge in [-0.05, 0) is 19.3 Å². The molecule has 0 bridgehead atoms. The van der Waals surface area contributed by atoms with Gasteiger partial charge in [-0.2, -0.15) is 0 Å². The molecule has 0 heterocycles. The first kappa shape index (κ1) is 78.4. The molecule has 0 radical (unpaired) electrons. The van der Waals surface area contributed by atoms with Crippen LogP contribution in [0.3, 0.4) is 0 Å². The summed E-state index contributed by atoms with van der Waals surface area (Å²) in [6, 6.07) is 0. The third kappa shape index (κ3) is 67.2. The maximum Gasteiger partial charge on any atom is 0.306 e. The lowest BCUT2D eigenvalue weighted by molar-refractivity contribution is -0.167. The summed E-state index contributed by atoms with van der Waals surface area (Å²) in [5, 5.41) is 0. The van der Waals surface area contributed by atoms with Gasteiger partial charge in [0.2, 0.25) is 0 Å². The van der Waals surface area contributed by atoms with Crippen LogP contribution in [0.2, 0.25) is 0 Å². The van der Waals surface area contributed by atoms with Crippen LogP contribution in [0.5, 0.6) is 0 Å². The van der Waals surface area contributed by atoms with E-state index in [9.17, 15) is 14.4 Å². The van der Waals surface area contributed by atoms with Gasteiger partial charge < -0.3 is 14.2 Å². The van der Waals surface area contributed by atoms with Crippen molar-refractivity contribution in [3.63, 3.8) is 0 Å². The summed E-state index contributed by atoms with van der Waals surface area (Å²) in [6.45, 7) is 6.74. The zero-order chi connectivity index (χ0) is 57.8. The Labute approximate surface area is 501 Å². The quantitative estimate of drug-likeness (QED) is 0.0343. The Hall–Kier alpha value is -1.59. The average molecular weight is 1130 g/mol. The summed E-state index contributed by atoms with van der Waals surface area (Å²) in [6.07, 6.45) is 83.0. The second kappa shape index (κ2) is 69.9. The summed E-state index contributed by atoms with van der Waals surface area (Å²) in [5.74, 6) is -0.819. The first-order chi connectivity index (χ1) is 39.5. The number of ether oxygens (including phenoxy) is 3. The van der Waals surface area contributed by atoms with Crippen LogP contribution in [0.15, 0.2) is 0 Å². The molecule has 80 heavy (non-hydrogen) atoms. The zero-order valence-electron chi connectivity index (χ0n) is 54.9. The number of rotatable bonds is 70.